The van der Waals surface area contributed by atoms with Crippen LogP contribution < -0.4 is 5.32 Å². The zero-order valence-electron chi connectivity index (χ0n) is 37.7. The lowest BCUT2D eigenvalue weighted by Gasteiger charge is -2.37. The predicted molar refractivity (Wildman–Crippen MR) is 251 cm³/mol. The Morgan fingerprint density at radius 3 is 1.94 bits per heavy atom. The van der Waals surface area contributed by atoms with Gasteiger partial charge in [-0.15, -0.1) is 0 Å². The van der Waals surface area contributed by atoms with Crippen molar-refractivity contribution in [3.8, 4) is 0 Å². The quantitative estimate of drug-likeness (QED) is 0.0516. The van der Waals surface area contributed by atoms with Crippen LogP contribution in [0, 0.1) is 11.8 Å². The lowest BCUT2D eigenvalue weighted by molar-refractivity contribution is -0.193. The van der Waals surface area contributed by atoms with Crippen LogP contribution in [-0.2, 0) is 46.2 Å². The molecule has 1 saturated carbocycles. The van der Waals surface area contributed by atoms with Gasteiger partial charge >= 0.3 is 6.09 Å². The number of nitrogens with one attached hydrogen (secondary N) is 1. The van der Waals surface area contributed by atoms with Gasteiger partial charge in [-0.1, -0.05) is 141 Å². The molecule has 0 spiro atoms. The van der Waals surface area contributed by atoms with Crippen LogP contribution in [0.3, 0.4) is 0 Å². The molecule has 1 amide bonds. The third-order valence-corrected chi connectivity index (χ3v) is 16.7. The molecule has 338 valence electrons. The molecule has 2 aliphatic heterocycles. The van der Waals surface area contributed by atoms with Gasteiger partial charge in [0.05, 0.1) is 24.9 Å². The number of benzene rings is 3. The monoisotopic (exact) mass is 866 g/mol. The molecule has 9 heteroatoms. The highest BCUT2D eigenvalue weighted by atomic mass is 28.4. The van der Waals surface area contributed by atoms with E-state index in [2.05, 4.69) is 128 Å². The number of ether oxygens (including phenoxy) is 5. The van der Waals surface area contributed by atoms with Gasteiger partial charge < -0.3 is 33.4 Å². The molecule has 62 heavy (non-hydrogen) atoms. The molecule has 2 heterocycles. The Kier molecular flexibility index (Phi) is 20.8. The number of carbonyl (C=O) groups is 1. The van der Waals surface area contributed by atoms with Crippen LogP contribution in [0.2, 0.25) is 0 Å². The van der Waals surface area contributed by atoms with Crippen LogP contribution in [-0.4, -0.2) is 72.2 Å². The van der Waals surface area contributed by atoms with Crippen LogP contribution in [0.15, 0.2) is 115 Å². The fourth-order valence-electron chi connectivity index (χ4n) is 9.54. The minimum Gasteiger partial charge on any atom is -0.450 e. The number of allylic oxidation sites excluding steroid dienone is 2. The summed E-state index contributed by atoms with van der Waals surface area (Å²) >= 11 is 0. The second-order valence-electron chi connectivity index (χ2n) is 17.7. The highest BCUT2D eigenvalue weighted by molar-refractivity contribution is 6.72. The molecule has 3 aromatic carbocycles. The number of rotatable bonds is 25. The standard InChI is InChI=1S/C53H75NO7Si/c1-3-4-11-30-46(59-51-32-19-22-36-56-51)34-35-48-47(31-18-6-5-7-21-38-58-53(55)54-2)50(39-49(48)60-52-33-20-23-37-57-52)61-62(40-43-24-12-8-13-25-43,41-44-26-14-9-15-27-44)42-45-28-16-10-17-29-45/h6,8-10,12-18,24-29,34-35,46-52H,3-5,7,11,19-23,30-33,36-42H2,1-2H3,(H,54,55)/b18-6-,35-34+/t46-,47+,48+,49+,50-,51?,52?/m0/s1. The normalized spacial score (nSPS) is 23.8. The molecule has 2 unspecified atom stereocenters. The van der Waals surface area contributed by atoms with Gasteiger partial charge in [-0.05, 0) is 118 Å². The van der Waals surface area contributed by atoms with Crippen LogP contribution >= 0.6 is 0 Å². The third kappa shape index (κ3) is 16.2. The number of unbranched alkanes of at least 4 members (excludes halogenated alkanes) is 4. The van der Waals surface area contributed by atoms with Crippen molar-refractivity contribution in [1.82, 2.24) is 5.32 Å². The van der Waals surface area contributed by atoms with Crippen molar-refractivity contribution >= 4 is 14.4 Å². The van der Waals surface area contributed by atoms with E-state index >= 15 is 0 Å². The second-order valence-corrected chi connectivity index (χ2v) is 21.4. The Labute approximate surface area is 374 Å². The number of hydrogen-bond donors (Lipinski definition) is 1. The summed E-state index contributed by atoms with van der Waals surface area (Å²) in [6.45, 7) is 4.20. The summed E-state index contributed by atoms with van der Waals surface area (Å²) in [5, 5.41) is 2.53. The van der Waals surface area contributed by atoms with Crippen molar-refractivity contribution in [2.45, 2.75) is 152 Å². The Balaban J connectivity index is 1.34. The van der Waals surface area contributed by atoms with Crippen molar-refractivity contribution in [3.05, 3.63) is 132 Å². The summed E-state index contributed by atoms with van der Waals surface area (Å²) in [7, 11) is -1.05. The Morgan fingerprint density at radius 1 is 0.758 bits per heavy atom. The summed E-state index contributed by atoms with van der Waals surface area (Å²) in [4.78, 5) is 11.6. The first-order chi connectivity index (χ1) is 30.5. The number of alkyl carbamates (subject to hydrolysis) is 1. The molecule has 1 aliphatic carbocycles. The number of carbonyl (C=O) groups excluding carboxylic acids is 1. The van der Waals surface area contributed by atoms with Crippen molar-refractivity contribution in [2.24, 2.45) is 11.8 Å². The largest absolute Gasteiger partial charge is 0.450 e. The molecule has 2 saturated heterocycles. The molecule has 1 N–H and O–H groups in total. The smallest absolute Gasteiger partial charge is 0.406 e. The van der Waals surface area contributed by atoms with Gasteiger partial charge in [0.25, 0.3) is 0 Å². The minimum absolute atomic E-state index is 0.0206. The number of hydrogen-bond acceptors (Lipinski definition) is 7. The van der Waals surface area contributed by atoms with Gasteiger partial charge in [0.1, 0.15) is 0 Å². The SMILES string of the molecule is CCCCC[C@@H](/C=C/[C@@H]1[C@@H](C/C=C\CCCCOC(=O)NC)[C@@H](O[Si](Cc2ccccc2)(Cc2ccccc2)Cc2ccccc2)C[C@H]1OC1CCCCO1)OC1CCCCO1. The first kappa shape index (κ1) is 47.9. The first-order valence-corrected chi connectivity index (χ1v) is 26.6. The molecule has 7 atom stereocenters. The van der Waals surface area contributed by atoms with Crippen molar-refractivity contribution < 1.29 is 32.9 Å². The lowest BCUT2D eigenvalue weighted by atomic mass is 9.89. The predicted octanol–water partition coefficient (Wildman–Crippen LogP) is 11.7. The highest BCUT2D eigenvalue weighted by Crippen LogP contribution is 2.43. The van der Waals surface area contributed by atoms with Crippen molar-refractivity contribution in [3.63, 3.8) is 0 Å². The van der Waals surface area contributed by atoms with E-state index in [4.69, 9.17) is 28.1 Å². The van der Waals surface area contributed by atoms with Crippen LogP contribution in [0.25, 0.3) is 0 Å². The fraction of sp³-hybridized carbons (Fsp3) is 0.566. The molecule has 3 fully saturated rings. The van der Waals surface area contributed by atoms with Crippen LogP contribution in [0.4, 0.5) is 4.79 Å². The summed E-state index contributed by atoms with van der Waals surface area (Å²) in [5.41, 5.74) is 3.99. The maximum absolute atomic E-state index is 11.6. The van der Waals surface area contributed by atoms with Gasteiger partial charge in [0.15, 0.2) is 12.6 Å². The van der Waals surface area contributed by atoms with E-state index in [9.17, 15) is 4.79 Å². The van der Waals surface area contributed by atoms with E-state index in [1.165, 1.54) is 29.5 Å². The lowest BCUT2D eigenvalue weighted by Crippen LogP contribution is -2.50. The summed E-state index contributed by atoms with van der Waals surface area (Å²) in [5.74, 6) is 0.293. The molecule has 0 aromatic heterocycles. The van der Waals surface area contributed by atoms with Gasteiger partial charge in [-0.25, -0.2) is 4.79 Å². The maximum atomic E-state index is 11.6. The van der Waals surface area contributed by atoms with Gasteiger partial charge in [0, 0.05) is 26.2 Å². The average molecular weight is 866 g/mol. The fourth-order valence-corrected chi connectivity index (χ4v) is 14.0. The first-order valence-electron chi connectivity index (χ1n) is 24.0. The second kappa shape index (κ2) is 26.9. The van der Waals surface area contributed by atoms with Gasteiger partial charge in [-0.3, -0.25) is 0 Å². The third-order valence-electron chi connectivity index (χ3n) is 12.7. The van der Waals surface area contributed by atoms with E-state index in [1.807, 2.05) is 0 Å². The molecule has 8 nitrogen and oxygen atoms in total. The van der Waals surface area contributed by atoms with Crippen LogP contribution in [0.1, 0.15) is 120 Å². The van der Waals surface area contributed by atoms with Crippen molar-refractivity contribution in [2.75, 3.05) is 26.9 Å². The van der Waals surface area contributed by atoms with E-state index in [0.717, 1.165) is 115 Å². The molecule has 0 radical (unpaired) electrons. The highest BCUT2D eigenvalue weighted by Gasteiger charge is 2.48. The van der Waals surface area contributed by atoms with Crippen LogP contribution in [0.5, 0.6) is 0 Å². The number of amides is 1. The Morgan fingerprint density at radius 2 is 1.37 bits per heavy atom. The molecular formula is C53H75NO7Si. The summed E-state index contributed by atoms with van der Waals surface area (Å²) < 4.78 is 39.6. The van der Waals surface area contributed by atoms with E-state index < -0.39 is 8.32 Å². The molecular weight excluding hydrogens is 791 g/mol. The molecule has 6 rings (SSSR count). The summed E-state index contributed by atoms with van der Waals surface area (Å²) in [6, 6.07) is 35.8. The van der Waals surface area contributed by atoms with E-state index in [0.29, 0.717) is 6.61 Å². The maximum Gasteiger partial charge on any atom is 0.406 e. The van der Waals surface area contributed by atoms with E-state index in [-0.39, 0.29) is 48.8 Å². The molecule has 0 bridgehead atoms. The zero-order chi connectivity index (χ0) is 43.1. The van der Waals surface area contributed by atoms with Crippen molar-refractivity contribution in [1.29, 1.82) is 0 Å². The van der Waals surface area contributed by atoms with Gasteiger partial charge in [-0.2, -0.15) is 0 Å². The summed E-state index contributed by atoms with van der Waals surface area (Å²) in [6.07, 6.45) is 23.8. The minimum atomic E-state index is -2.64. The Bertz CT molecular complexity index is 1610. The zero-order valence-corrected chi connectivity index (χ0v) is 38.7. The van der Waals surface area contributed by atoms with Gasteiger partial charge in [0.2, 0.25) is 8.32 Å². The molecule has 3 aliphatic rings. The van der Waals surface area contributed by atoms with E-state index in [1.54, 1.807) is 7.05 Å². The molecule has 3 aromatic rings. The topological polar surface area (TPSA) is 84.5 Å². The Hall–Kier alpha value is -3.57. The average Bonchev–Trinajstić information content (AvgIpc) is 3.61.